The Labute approximate surface area is 91.0 Å². The molecular weight excluding hydrogens is 186 g/mol. The molecule has 0 fully saturated rings. The number of allylic oxidation sites excluding steroid dienone is 1. The van der Waals surface area contributed by atoms with Crippen LogP contribution in [0.4, 0.5) is 0 Å². The average molecular weight is 203 g/mol. The number of nitrogens with one attached hydrogen (secondary N) is 1. The molecular formula is C13H17NO. The first-order valence-electron chi connectivity index (χ1n) is 5.44. The van der Waals surface area contributed by atoms with Crippen LogP contribution in [0, 0.1) is 0 Å². The van der Waals surface area contributed by atoms with Crippen LogP contribution in [0.2, 0.25) is 0 Å². The summed E-state index contributed by atoms with van der Waals surface area (Å²) >= 11 is 0. The van der Waals surface area contributed by atoms with Crippen molar-refractivity contribution in [3.63, 3.8) is 0 Å². The highest BCUT2D eigenvalue weighted by Crippen LogP contribution is 2.30. The summed E-state index contributed by atoms with van der Waals surface area (Å²) in [6, 6.07) is 8.74. The van der Waals surface area contributed by atoms with E-state index in [1.807, 2.05) is 14.0 Å². The highest BCUT2D eigenvalue weighted by molar-refractivity contribution is 5.39. The maximum atomic E-state index is 5.64. The van der Waals surface area contributed by atoms with E-state index >= 15 is 0 Å². The van der Waals surface area contributed by atoms with Gasteiger partial charge in [-0.05, 0) is 37.6 Å². The summed E-state index contributed by atoms with van der Waals surface area (Å²) in [5.74, 6) is 1.05. The van der Waals surface area contributed by atoms with Gasteiger partial charge < -0.3 is 10.1 Å². The number of ether oxygens (including phenoxy) is 1. The minimum absolute atomic E-state index is 0.217. The van der Waals surface area contributed by atoms with Crippen LogP contribution in [-0.2, 0) is 11.2 Å². The molecule has 0 aliphatic heterocycles. The molecule has 1 atom stereocenters. The fourth-order valence-electron chi connectivity index (χ4n) is 2.09. The lowest BCUT2D eigenvalue weighted by Crippen LogP contribution is -2.24. The second-order valence-corrected chi connectivity index (χ2v) is 3.66. The van der Waals surface area contributed by atoms with E-state index in [2.05, 4.69) is 35.7 Å². The fraction of sp³-hybridized carbons (Fsp3) is 0.385. The van der Waals surface area contributed by atoms with Crippen molar-refractivity contribution < 1.29 is 4.74 Å². The third kappa shape index (κ3) is 1.90. The van der Waals surface area contributed by atoms with Crippen LogP contribution in [0.3, 0.4) is 0 Å². The summed E-state index contributed by atoms with van der Waals surface area (Å²) < 4.78 is 5.64. The van der Waals surface area contributed by atoms with E-state index in [0.29, 0.717) is 0 Å². The van der Waals surface area contributed by atoms with Gasteiger partial charge in [-0.2, -0.15) is 0 Å². The van der Waals surface area contributed by atoms with Gasteiger partial charge in [0, 0.05) is 0 Å². The Hall–Kier alpha value is -1.28. The van der Waals surface area contributed by atoms with Gasteiger partial charge in [-0.25, -0.2) is 0 Å². The zero-order valence-electron chi connectivity index (χ0n) is 9.29. The molecule has 1 unspecified atom stereocenters. The summed E-state index contributed by atoms with van der Waals surface area (Å²) in [7, 11) is 1.97. The molecule has 1 aromatic carbocycles. The van der Waals surface area contributed by atoms with Gasteiger partial charge in [0.1, 0.15) is 5.76 Å². The van der Waals surface area contributed by atoms with Crippen LogP contribution in [0.5, 0.6) is 0 Å². The largest absolute Gasteiger partial charge is 0.497 e. The zero-order valence-corrected chi connectivity index (χ0v) is 9.29. The molecule has 2 nitrogen and oxygen atoms in total. The topological polar surface area (TPSA) is 21.3 Å². The molecule has 0 saturated heterocycles. The Balaban J connectivity index is 2.33. The summed E-state index contributed by atoms with van der Waals surface area (Å²) in [4.78, 5) is 0. The van der Waals surface area contributed by atoms with Gasteiger partial charge in [0.25, 0.3) is 0 Å². The molecule has 0 bridgehead atoms. The van der Waals surface area contributed by atoms with Crippen LogP contribution in [0.1, 0.15) is 24.1 Å². The molecule has 0 radical (unpaired) electrons. The van der Waals surface area contributed by atoms with E-state index < -0.39 is 0 Å². The molecule has 0 amide bonds. The molecule has 15 heavy (non-hydrogen) atoms. The first-order valence-corrected chi connectivity index (χ1v) is 5.44. The molecule has 2 heteroatoms. The van der Waals surface area contributed by atoms with E-state index in [1.165, 1.54) is 11.1 Å². The van der Waals surface area contributed by atoms with Gasteiger partial charge in [-0.1, -0.05) is 24.3 Å². The number of likely N-dealkylation sites (N-methyl/N-ethyl adjacent to an activating group) is 1. The summed E-state index contributed by atoms with van der Waals surface area (Å²) in [5.41, 5.74) is 2.73. The molecule has 0 saturated carbocycles. The minimum atomic E-state index is 0.217. The summed E-state index contributed by atoms with van der Waals surface area (Å²) in [5, 5.41) is 3.30. The fourth-order valence-corrected chi connectivity index (χ4v) is 2.09. The van der Waals surface area contributed by atoms with Crippen molar-refractivity contribution in [1.82, 2.24) is 5.32 Å². The van der Waals surface area contributed by atoms with E-state index in [9.17, 15) is 0 Å². The SMILES string of the molecule is CCOC1=CCc2ccccc2C1NC. The van der Waals surface area contributed by atoms with Crippen molar-refractivity contribution in [2.45, 2.75) is 19.4 Å². The Morgan fingerprint density at radius 1 is 1.40 bits per heavy atom. The van der Waals surface area contributed by atoms with Crippen LogP contribution < -0.4 is 5.32 Å². The van der Waals surface area contributed by atoms with E-state index in [1.54, 1.807) is 0 Å². The third-order valence-corrected chi connectivity index (χ3v) is 2.77. The Kier molecular flexibility index (Phi) is 3.07. The Morgan fingerprint density at radius 2 is 2.20 bits per heavy atom. The molecule has 1 aliphatic rings. The smallest absolute Gasteiger partial charge is 0.114 e. The average Bonchev–Trinajstić information content (AvgIpc) is 2.29. The molecule has 0 aromatic heterocycles. The Bertz CT molecular complexity index is 371. The highest BCUT2D eigenvalue weighted by atomic mass is 16.5. The molecule has 1 N–H and O–H groups in total. The van der Waals surface area contributed by atoms with Crippen molar-refractivity contribution in [3.05, 3.63) is 47.2 Å². The quantitative estimate of drug-likeness (QED) is 0.814. The number of benzene rings is 1. The van der Waals surface area contributed by atoms with Gasteiger partial charge in [-0.15, -0.1) is 0 Å². The van der Waals surface area contributed by atoms with Crippen LogP contribution in [0.25, 0.3) is 0 Å². The van der Waals surface area contributed by atoms with Gasteiger partial charge in [-0.3, -0.25) is 0 Å². The normalized spacial score (nSPS) is 19.3. The van der Waals surface area contributed by atoms with Crippen molar-refractivity contribution in [1.29, 1.82) is 0 Å². The van der Waals surface area contributed by atoms with Crippen LogP contribution in [0.15, 0.2) is 36.1 Å². The lowest BCUT2D eigenvalue weighted by Gasteiger charge is -2.26. The minimum Gasteiger partial charge on any atom is -0.497 e. The monoisotopic (exact) mass is 203 g/mol. The maximum absolute atomic E-state index is 5.64. The van der Waals surface area contributed by atoms with E-state index in [-0.39, 0.29) is 6.04 Å². The number of rotatable bonds is 3. The number of hydrogen-bond acceptors (Lipinski definition) is 2. The van der Waals surface area contributed by atoms with Crippen molar-refractivity contribution in [3.8, 4) is 0 Å². The molecule has 0 heterocycles. The molecule has 2 rings (SSSR count). The van der Waals surface area contributed by atoms with Gasteiger partial charge >= 0.3 is 0 Å². The van der Waals surface area contributed by atoms with Gasteiger partial charge in [0.15, 0.2) is 0 Å². The van der Waals surface area contributed by atoms with Crippen LogP contribution >= 0.6 is 0 Å². The second-order valence-electron chi connectivity index (χ2n) is 3.66. The first kappa shape index (κ1) is 10.2. The zero-order chi connectivity index (χ0) is 10.7. The van der Waals surface area contributed by atoms with E-state index in [0.717, 1.165) is 18.8 Å². The predicted molar refractivity (Wildman–Crippen MR) is 61.7 cm³/mol. The second kappa shape index (κ2) is 4.49. The van der Waals surface area contributed by atoms with Gasteiger partial charge in [0.2, 0.25) is 0 Å². The third-order valence-electron chi connectivity index (χ3n) is 2.77. The standard InChI is InChI=1S/C13H17NO/c1-3-15-12-9-8-10-6-4-5-7-11(10)13(12)14-2/h4-7,9,13-14H,3,8H2,1-2H3. The predicted octanol–water partition coefficient (Wildman–Crippen LogP) is 2.42. The van der Waals surface area contributed by atoms with Crippen LogP contribution in [-0.4, -0.2) is 13.7 Å². The molecule has 1 aliphatic carbocycles. The van der Waals surface area contributed by atoms with Gasteiger partial charge in [0.05, 0.1) is 12.6 Å². The maximum Gasteiger partial charge on any atom is 0.114 e. The number of hydrogen-bond donors (Lipinski definition) is 1. The Morgan fingerprint density at radius 3 is 2.93 bits per heavy atom. The first-order chi connectivity index (χ1) is 7.36. The molecule has 0 spiro atoms. The van der Waals surface area contributed by atoms with Crippen molar-refractivity contribution in [2.24, 2.45) is 0 Å². The molecule has 80 valence electrons. The lowest BCUT2D eigenvalue weighted by atomic mass is 9.91. The van der Waals surface area contributed by atoms with Crippen molar-refractivity contribution in [2.75, 3.05) is 13.7 Å². The molecule has 1 aromatic rings. The van der Waals surface area contributed by atoms with E-state index in [4.69, 9.17) is 4.74 Å². The summed E-state index contributed by atoms with van der Waals surface area (Å²) in [6.07, 6.45) is 3.15. The number of fused-ring (bicyclic) bond motifs is 1. The summed E-state index contributed by atoms with van der Waals surface area (Å²) in [6.45, 7) is 2.75. The van der Waals surface area contributed by atoms with Crippen molar-refractivity contribution >= 4 is 0 Å². The lowest BCUT2D eigenvalue weighted by molar-refractivity contribution is 0.198. The highest BCUT2D eigenvalue weighted by Gasteiger charge is 2.22.